The number of hydrogen-bond donors (Lipinski definition) is 1. The molecule has 2 aromatic carbocycles. The lowest BCUT2D eigenvalue weighted by atomic mass is 10.1. The fraction of sp³-hybridized carbons (Fsp3) is 0.278. The molecule has 0 spiro atoms. The summed E-state index contributed by atoms with van der Waals surface area (Å²) in [6.07, 6.45) is 2.22. The van der Waals surface area contributed by atoms with Crippen LogP contribution in [-0.4, -0.2) is 23.9 Å². The number of benzene rings is 2. The summed E-state index contributed by atoms with van der Waals surface area (Å²) in [7, 11) is 0. The third kappa shape index (κ3) is 3.24. The van der Waals surface area contributed by atoms with Gasteiger partial charge in [0, 0.05) is 18.8 Å². The molecule has 2 aromatic rings. The fourth-order valence-electron chi connectivity index (χ4n) is 2.75. The van der Waals surface area contributed by atoms with Gasteiger partial charge in [0.25, 0.3) is 0 Å². The van der Waals surface area contributed by atoms with E-state index in [1.807, 2.05) is 65.6 Å². The van der Waals surface area contributed by atoms with E-state index in [0.717, 1.165) is 37.2 Å². The summed E-state index contributed by atoms with van der Waals surface area (Å²) >= 11 is 0. The molecule has 0 aliphatic carbocycles. The van der Waals surface area contributed by atoms with E-state index in [-0.39, 0.29) is 11.9 Å². The zero-order valence-corrected chi connectivity index (χ0v) is 12.0. The molecule has 0 radical (unpaired) electrons. The highest BCUT2D eigenvalue weighted by Gasteiger charge is 2.27. The standard InChI is InChI=1S/C18H20N2O/c21-18(20-13-7-8-14-20)17(15-9-3-1-4-10-15)19-16-11-5-2-6-12-16/h1-6,9-12,17,19H,7-8,13-14H2. The lowest BCUT2D eigenvalue weighted by Crippen LogP contribution is -2.36. The maximum atomic E-state index is 12.8. The Balaban J connectivity index is 1.85. The smallest absolute Gasteiger partial charge is 0.249 e. The number of likely N-dealkylation sites (tertiary alicyclic amines) is 1. The number of nitrogens with zero attached hydrogens (tertiary/aromatic N) is 1. The third-order valence-electron chi connectivity index (χ3n) is 3.88. The third-order valence-corrected chi connectivity index (χ3v) is 3.88. The van der Waals surface area contributed by atoms with E-state index in [4.69, 9.17) is 0 Å². The van der Waals surface area contributed by atoms with Crippen molar-refractivity contribution in [2.45, 2.75) is 18.9 Å². The van der Waals surface area contributed by atoms with E-state index < -0.39 is 0 Å². The van der Waals surface area contributed by atoms with E-state index in [9.17, 15) is 4.79 Å². The molecule has 1 aliphatic heterocycles. The predicted molar refractivity (Wildman–Crippen MR) is 85.1 cm³/mol. The lowest BCUT2D eigenvalue weighted by Gasteiger charge is -2.25. The number of hydrogen-bond acceptors (Lipinski definition) is 2. The van der Waals surface area contributed by atoms with Gasteiger partial charge in [0.2, 0.25) is 5.91 Å². The Morgan fingerprint density at radius 1 is 0.905 bits per heavy atom. The Bertz CT molecular complexity index is 577. The van der Waals surface area contributed by atoms with Gasteiger partial charge in [-0.05, 0) is 30.5 Å². The molecule has 1 fully saturated rings. The summed E-state index contributed by atoms with van der Waals surface area (Å²) < 4.78 is 0. The summed E-state index contributed by atoms with van der Waals surface area (Å²) in [5.74, 6) is 0.169. The Morgan fingerprint density at radius 2 is 1.48 bits per heavy atom. The van der Waals surface area contributed by atoms with Gasteiger partial charge in [0.1, 0.15) is 6.04 Å². The normalized spacial score (nSPS) is 15.7. The molecule has 1 unspecified atom stereocenters. The number of carbonyl (C=O) groups is 1. The summed E-state index contributed by atoms with van der Waals surface area (Å²) in [5, 5.41) is 3.38. The predicted octanol–water partition coefficient (Wildman–Crippen LogP) is 3.46. The lowest BCUT2D eigenvalue weighted by molar-refractivity contribution is -0.131. The minimum absolute atomic E-state index is 0.169. The minimum Gasteiger partial charge on any atom is -0.370 e. The molecule has 3 nitrogen and oxygen atoms in total. The summed E-state index contributed by atoms with van der Waals surface area (Å²) in [5.41, 5.74) is 1.98. The van der Waals surface area contributed by atoms with Crippen LogP contribution in [0.15, 0.2) is 60.7 Å². The Kier molecular flexibility index (Phi) is 4.20. The molecular weight excluding hydrogens is 260 g/mol. The molecule has 0 aromatic heterocycles. The summed E-state index contributed by atoms with van der Waals surface area (Å²) in [4.78, 5) is 14.8. The van der Waals surface area contributed by atoms with E-state index in [1.54, 1.807) is 0 Å². The van der Waals surface area contributed by atoms with Gasteiger partial charge < -0.3 is 10.2 Å². The second kappa shape index (κ2) is 6.44. The molecule has 108 valence electrons. The highest BCUT2D eigenvalue weighted by molar-refractivity contribution is 5.86. The summed E-state index contributed by atoms with van der Waals surface area (Å²) in [6.45, 7) is 1.75. The van der Waals surface area contributed by atoms with Gasteiger partial charge in [-0.2, -0.15) is 0 Å². The Morgan fingerprint density at radius 3 is 2.10 bits per heavy atom. The van der Waals surface area contributed by atoms with Crippen molar-refractivity contribution in [3.05, 3.63) is 66.2 Å². The molecule has 1 heterocycles. The number of para-hydroxylation sites is 1. The van der Waals surface area contributed by atoms with Crippen LogP contribution in [0, 0.1) is 0 Å². The average molecular weight is 280 g/mol. The molecule has 1 atom stereocenters. The fourth-order valence-corrected chi connectivity index (χ4v) is 2.75. The van der Waals surface area contributed by atoms with E-state index in [1.165, 1.54) is 0 Å². The minimum atomic E-state index is -0.313. The van der Waals surface area contributed by atoms with Crippen molar-refractivity contribution < 1.29 is 4.79 Å². The zero-order valence-electron chi connectivity index (χ0n) is 12.0. The van der Waals surface area contributed by atoms with Crippen LogP contribution in [-0.2, 0) is 4.79 Å². The molecule has 1 saturated heterocycles. The molecule has 1 aliphatic rings. The monoisotopic (exact) mass is 280 g/mol. The first-order chi connectivity index (χ1) is 10.3. The van der Waals surface area contributed by atoms with Gasteiger partial charge in [0.15, 0.2) is 0 Å². The Labute approximate surface area is 125 Å². The van der Waals surface area contributed by atoms with Gasteiger partial charge in [-0.3, -0.25) is 4.79 Å². The van der Waals surface area contributed by atoms with Crippen LogP contribution in [0.4, 0.5) is 5.69 Å². The van der Waals surface area contributed by atoms with Crippen LogP contribution in [0.5, 0.6) is 0 Å². The van der Waals surface area contributed by atoms with Crippen LogP contribution in [0.3, 0.4) is 0 Å². The maximum Gasteiger partial charge on any atom is 0.249 e. The second-order valence-electron chi connectivity index (χ2n) is 5.39. The van der Waals surface area contributed by atoms with E-state index in [2.05, 4.69) is 5.32 Å². The van der Waals surface area contributed by atoms with Crippen molar-refractivity contribution in [2.24, 2.45) is 0 Å². The second-order valence-corrected chi connectivity index (χ2v) is 5.39. The number of anilines is 1. The number of amides is 1. The largest absolute Gasteiger partial charge is 0.370 e. The van der Waals surface area contributed by atoms with Crippen LogP contribution in [0.25, 0.3) is 0 Å². The van der Waals surface area contributed by atoms with Crippen molar-refractivity contribution in [1.82, 2.24) is 4.90 Å². The Hall–Kier alpha value is -2.29. The van der Waals surface area contributed by atoms with Crippen LogP contribution >= 0.6 is 0 Å². The maximum absolute atomic E-state index is 12.8. The first-order valence-electron chi connectivity index (χ1n) is 7.50. The molecule has 1 N–H and O–H groups in total. The van der Waals surface area contributed by atoms with Crippen LogP contribution < -0.4 is 5.32 Å². The zero-order chi connectivity index (χ0) is 14.5. The number of nitrogens with one attached hydrogen (secondary N) is 1. The SMILES string of the molecule is O=C(C(Nc1ccccc1)c1ccccc1)N1CCCC1. The van der Waals surface area contributed by atoms with Crippen molar-refractivity contribution in [1.29, 1.82) is 0 Å². The van der Waals surface area contributed by atoms with Crippen LogP contribution in [0.1, 0.15) is 24.4 Å². The first kappa shape index (κ1) is 13.7. The van der Waals surface area contributed by atoms with Crippen molar-refractivity contribution >= 4 is 11.6 Å². The van der Waals surface area contributed by atoms with Gasteiger partial charge >= 0.3 is 0 Å². The van der Waals surface area contributed by atoms with E-state index >= 15 is 0 Å². The van der Waals surface area contributed by atoms with Gasteiger partial charge in [-0.25, -0.2) is 0 Å². The van der Waals surface area contributed by atoms with Crippen molar-refractivity contribution in [3.63, 3.8) is 0 Å². The molecule has 0 bridgehead atoms. The van der Waals surface area contributed by atoms with Gasteiger partial charge in [-0.1, -0.05) is 48.5 Å². The van der Waals surface area contributed by atoms with Crippen molar-refractivity contribution in [3.8, 4) is 0 Å². The van der Waals surface area contributed by atoms with Gasteiger partial charge in [0.05, 0.1) is 0 Å². The molecule has 3 heteroatoms. The summed E-state index contributed by atoms with van der Waals surface area (Å²) in [6, 6.07) is 19.6. The average Bonchev–Trinajstić information content (AvgIpc) is 3.08. The molecule has 3 rings (SSSR count). The quantitative estimate of drug-likeness (QED) is 0.930. The molecule has 21 heavy (non-hydrogen) atoms. The number of rotatable bonds is 4. The van der Waals surface area contributed by atoms with Gasteiger partial charge in [-0.15, -0.1) is 0 Å². The van der Waals surface area contributed by atoms with E-state index in [0.29, 0.717) is 0 Å². The molecular formula is C18H20N2O. The topological polar surface area (TPSA) is 32.3 Å². The highest BCUT2D eigenvalue weighted by atomic mass is 16.2. The van der Waals surface area contributed by atoms with Crippen molar-refractivity contribution in [2.75, 3.05) is 18.4 Å². The first-order valence-corrected chi connectivity index (χ1v) is 7.50. The van der Waals surface area contributed by atoms with Crippen LogP contribution in [0.2, 0.25) is 0 Å². The highest BCUT2D eigenvalue weighted by Crippen LogP contribution is 2.23. The number of carbonyl (C=O) groups excluding carboxylic acids is 1. The molecule has 0 saturated carbocycles. The molecule has 1 amide bonds.